The lowest BCUT2D eigenvalue weighted by Gasteiger charge is -2.33. The second-order valence-corrected chi connectivity index (χ2v) is 8.16. The van der Waals surface area contributed by atoms with Gasteiger partial charge in [-0.1, -0.05) is 30.3 Å². The molecule has 1 amide bonds. The minimum absolute atomic E-state index is 0.00171. The van der Waals surface area contributed by atoms with Crippen molar-refractivity contribution in [3.8, 4) is 0 Å². The first-order chi connectivity index (χ1) is 13.4. The Kier molecular flexibility index (Phi) is 5.86. The zero-order valence-corrected chi connectivity index (χ0v) is 15.8. The Morgan fingerprint density at radius 2 is 1.57 bits per heavy atom. The summed E-state index contributed by atoms with van der Waals surface area (Å²) >= 11 is 0. The normalized spacial score (nSPS) is 15.6. The van der Waals surface area contributed by atoms with Crippen LogP contribution in [0.3, 0.4) is 0 Å². The van der Waals surface area contributed by atoms with Gasteiger partial charge in [0, 0.05) is 44.4 Å². The molecule has 3 rings (SSSR count). The van der Waals surface area contributed by atoms with Crippen LogP contribution in [-0.4, -0.2) is 54.6 Å². The van der Waals surface area contributed by atoms with Crippen LogP contribution in [0.1, 0.15) is 5.56 Å². The predicted octanol–water partition coefficient (Wildman–Crippen LogP) is 2.14. The van der Waals surface area contributed by atoms with E-state index >= 15 is 0 Å². The average molecular weight is 401 g/mol. The Morgan fingerprint density at radius 3 is 2.14 bits per heavy atom. The third-order valence-electron chi connectivity index (χ3n) is 4.45. The Morgan fingerprint density at radius 1 is 0.964 bits per heavy atom. The van der Waals surface area contributed by atoms with Gasteiger partial charge >= 0.3 is 0 Å². The Balaban J connectivity index is 1.61. The predicted molar refractivity (Wildman–Crippen MR) is 104 cm³/mol. The van der Waals surface area contributed by atoms with Crippen molar-refractivity contribution in [2.75, 3.05) is 26.2 Å². The number of nitro groups is 1. The van der Waals surface area contributed by atoms with E-state index in [0.29, 0.717) is 0 Å². The molecule has 2 aromatic rings. The van der Waals surface area contributed by atoms with Crippen LogP contribution in [0.25, 0.3) is 6.08 Å². The number of non-ortho nitro benzene ring substituents is 1. The number of nitrogens with zero attached hydrogens (tertiary/aromatic N) is 3. The maximum Gasteiger partial charge on any atom is 0.269 e. The van der Waals surface area contributed by atoms with E-state index in [2.05, 4.69) is 0 Å². The molecule has 0 bridgehead atoms. The molecule has 0 unspecified atom stereocenters. The molecule has 9 heteroatoms. The molecule has 1 aliphatic rings. The summed E-state index contributed by atoms with van der Waals surface area (Å²) in [7, 11) is -3.75. The number of carbonyl (C=O) groups excluding carboxylic acids is 1. The van der Waals surface area contributed by atoms with E-state index < -0.39 is 14.9 Å². The fourth-order valence-corrected chi connectivity index (χ4v) is 4.30. The molecule has 0 N–H and O–H groups in total. The second-order valence-electron chi connectivity index (χ2n) is 6.22. The van der Waals surface area contributed by atoms with Crippen LogP contribution in [0, 0.1) is 10.1 Å². The van der Waals surface area contributed by atoms with Gasteiger partial charge in [0.05, 0.1) is 9.82 Å². The Bertz CT molecular complexity index is 980. The average Bonchev–Trinajstić information content (AvgIpc) is 2.73. The highest BCUT2D eigenvalue weighted by Gasteiger charge is 2.29. The minimum Gasteiger partial charge on any atom is -0.337 e. The molecule has 28 heavy (non-hydrogen) atoms. The van der Waals surface area contributed by atoms with Crippen molar-refractivity contribution in [3.05, 3.63) is 76.4 Å². The number of piperazine rings is 1. The number of amides is 1. The first-order valence-corrected chi connectivity index (χ1v) is 10.1. The molecule has 0 aliphatic carbocycles. The van der Waals surface area contributed by atoms with Gasteiger partial charge in [-0.3, -0.25) is 14.9 Å². The van der Waals surface area contributed by atoms with Gasteiger partial charge in [0.15, 0.2) is 0 Å². The quantitative estimate of drug-likeness (QED) is 0.434. The van der Waals surface area contributed by atoms with Crippen LogP contribution in [-0.2, 0) is 14.8 Å². The SMILES string of the molecule is O=C(/C=C/c1ccccc1)N1CCN(S(=O)(=O)c2ccc([N+](=O)[O-])cc2)CC1. The summed E-state index contributed by atoms with van der Waals surface area (Å²) in [4.78, 5) is 24.0. The number of nitro benzene ring substituents is 1. The van der Waals surface area contributed by atoms with Crippen LogP contribution < -0.4 is 0 Å². The molecule has 146 valence electrons. The van der Waals surface area contributed by atoms with Crippen LogP contribution in [0.5, 0.6) is 0 Å². The summed E-state index contributed by atoms with van der Waals surface area (Å²) in [5.41, 5.74) is 0.745. The number of carbonyl (C=O) groups is 1. The molecule has 2 aromatic carbocycles. The molecule has 0 saturated carbocycles. The topological polar surface area (TPSA) is 101 Å². The molecular formula is C19H19N3O5S. The van der Waals surface area contributed by atoms with Crippen LogP contribution in [0.2, 0.25) is 0 Å². The lowest BCUT2D eigenvalue weighted by Crippen LogP contribution is -2.50. The molecular weight excluding hydrogens is 382 g/mol. The molecule has 1 aliphatic heterocycles. The van der Waals surface area contributed by atoms with Crippen molar-refractivity contribution in [2.24, 2.45) is 0 Å². The van der Waals surface area contributed by atoms with Crippen molar-refractivity contribution in [3.63, 3.8) is 0 Å². The highest BCUT2D eigenvalue weighted by molar-refractivity contribution is 7.89. The summed E-state index contributed by atoms with van der Waals surface area (Å²) in [6.07, 6.45) is 3.21. The second kappa shape index (κ2) is 8.32. The minimum atomic E-state index is -3.75. The van der Waals surface area contributed by atoms with Gasteiger partial charge < -0.3 is 4.90 Å². The van der Waals surface area contributed by atoms with Crippen molar-refractivity contribution < 1.29 is 18.1 Å². The number of sulfonamides is 1. The number of hydrogen-bond donors (Lipinski definition) is 0. The van der Waals surface area contributed by atoms with Crippen molar-refractivity contribution in [1.82, 2.24) is 9.21 Å². The van der Waals surface area contributed by atoms with Gasteiger partial charge in [-0.2, -0.15) is 4.31 Å². The monoisotopic (exact) mass is 401 g/mol. The van der Waals surface area contributed by atoms with E-state index in [4.69, 9.17) is 0 Å². The van der Waals surface area contributed by atoms with Crippen molar-refractivity contribution in [1.29, 1.82) is 0 Å². The van der Waals surface area contributed by atoms with Gasteiger partial charge in [0.1, 0.15) is 0 Å². The maximum absolute atomic E-state index is 12.7. The zero-order chi connectivity index (χ0) is 20.1. The van der Waals surface area contributed by atoms with E-state index in [1.54, 1.807) is 11.0 Å². The number of hydrogen-bond acceptors (Lipinski definition) is 5. The van der Waals surface area contributed by atoms with Gasteiger partial charge in [0.25, 0.3) is 5.69 Å². The molecule has 0 spiro atoms. The Labute approximate surface area is 162 Å². The standard InChI is InChI=1S/C19H19N3O5S/c23-19(11-6-16-4-2-1-3-5-16)20-12-14-21(15-13-20)28(26,27)18-9-7-17(8-10-18)22(24)25/h1-11H,12-15H2/b11-6+. The highest BCUT2D eigenvalue weighted by Crippen LogP contribution is 2.21. The number of benzene rings is 2. The summed E-state index contributed by atoms with van der Waals surface area (Å²) in [6.45, 7) is 0.906. The van der Waals surface area contributed by atoms with Gasteiger partial charge in [-0.15, -0.1) is 0 Å². The third kappa shape index (κ3) is 4.44. The molecule has 1 heterocycles. The maximum atomic E-state index is 12.7. The van der Waals surface area contributed by atoms with Gasteiger partial charge in [-0.05, 0) is 23.8 Å². The van der Waals surface area contributed by atoms with Crippen LogP contribution >= 0.6 is 0 Å². The van der Waals surface area contributed by atoms with Crippen LogP contribution in [0.4, 0.5) is 5.69 Å². The molecule has 0 radical (unpaired) electrons. The Hall–Kier alpha value is -3.04. The zero-order valence-electron chi connectivity index (χ0n) is 15.0. The van der Waals surface area contributed by atoms with Crippen molar-refractivity contribution >= 4 is 27.7 Å². The van der Waals surface area contributed by atoms with Crippen LogP contribution in [0.15, 0.2) is 65.6 Å². The molecule has 1 fully saturated rings. The smallest absolute Gasteiger partial charge is 0.269 e. The van der Waals surface area contributed by atoms with E-state index in [1.807, 2.05) is 30.3 Å². The van der Waals surface area contributed by atoms with Crippen molar-refractivity contribution in [2.45, 2.75) is 4.90 Å². The van der Waals surface area contributed by atoms with Gasteiger partial charge in [0.2, 0.25) is 15.9 Å². The first kappa shape index (κ1) is 19.7. The van der Waals surface area contributed by atoms with E-state index in [1.165, 1.54) is 34.6 Å². The molecule has 0 aromatic heterocycles. The first-order valence-electron chi connectivity index (χ1n) is 8.64. The fourth-order valence-electron chi connectivity index (χ4n) is 2.87. The molecule has 0 atom stereocenters. The fraction of sp³-hybridized carbons (Fsp3) is 0.211. The summed E-state index contributed by atoms with van der Waals surface area (Å²) in [5.74, 6) is -0.170. The largest absolute Gasteiger partial charge is 0.337 e. The molecule has 8 nitrogen and oxygen atoms in total. The third-order valence-corrected chi connectivity index (χ3v) is 6.37. The van der Waals surface area contributed by atoms with E-state index in [9.17, 15) is 23.3 Å². The van der Waals surface area contributed by atoms with Gasteiger partial charge in [-0.25, -0.2) is 8.42 Å². The summed E-state index contributed by atoms with van der Waals surface area (Å²) in [5, 5.41) is 10.7. The molecule has 1 saturated heterocycles. The highest BCUT2D eigenvalue weighted by atomic mass is 32.2. The lowest BCUT2D eigenvalue weighted by molar-refractivity contribution is -0.384. The summed E-state index contributed by atoms with van der Waals surface area (Å²) in [6, 6.07) is 14.2. The lowest BCUT2D eigenvalue weighted by atomic mass is 10.2. The van der Waals surface area contributed by atoms with E-state index in [-0.39, 0.29) is 42.7 Å². The summed E-state index contributed by atoms with van der Waals surface area (Å²) < 4.78 is 26.7. The number of rotatable bonds is 5. The van der Waals surface area contributed by atoms with E-state index in [0.717, 1.165) is 5.56 Å².